The third-order valence-electron chi connectivity index (χ3n) is 1.33. The molecule has 0 aromatic carbocycles. The molecule has 1 atom stereocenters. The number of carbonyl (C=O) groups is 2. The van der Waals surface area contributed by atoms with Crippen LogP contribution in [0.4, 0.5) is 0 Å². The summed E-state index contributed by atoms with van der Waals surface area (Å²) in [5.74, 6) is -2.31. The summed E-state index contributed by atoms with van der Waals surface area (Å²) in [5, 5.41) is 11.1. The van der Waals surface area contributed by atoms with Crippen LogP contribution < -0.4 is 5.32 Å². The van der Waals surface area contributed by atoms with Crippen LogP contribution in [-0.2, 0) is 9.59 Å². The maximum atomic E-state index is 10.7. The van der Waals surface area contributed by atoms with Crippen LogP contribution in [0.5, 0.6) is 0 Å². The van der Waals surface area contributed by atoms with Crippen LogP contribution in [0.3, 0.4) is 0 Å². The lowest BCUT2D eigenvalue weighted by Crippen LogP contribution is -2.34. The summed E-state index contributed by atoms with van der Waals surface area (Å²) >= 11 is 0. The van der Waals surface area contributed by atoms with Gasteiger partial charge in [0, 0.05) is 12.7 Å². The van der Waals surface area contributed by atoms with Gasteiger partial charge in [-0.3, -0.25) is 9.59 Å². The first-order valence-electron chi connectivity index (χ1n) is 2.88. The van der Waals surface area contributed by atoms with Gasteiger partial charge >= 0.3 is 5.97 Å². The molecule has 4 heteroatoms. The van der Waals surface area contributed by atoms with Crippen molar-refractivity contribution in [3.05, 3.63) is 12.3 Å². The van der Waals surface area contributed by atoms with E-state index in [1.807, 2.05) is 0 Å². The average molecular weight is 141 g/mol. The molecule has 0 amide bonds. The molecule has 0 radical (unpaired) electrons. The molecule has 0 spiro atoms. The van der Waals surface area contributed by atoms with Gasteiger partial charge in [0.1, 0.15) is 5.92 Å². The highest BCUT2D eigenvalue weighted by Gasteiger charge is 2.25. The van der Waals surface area contributed by atoms with E-state index in [0.29, 0.717) is 0 Å². The molecule has 10 heavy (non-hydrogen) atoms. The lowest BCUT2D eigenvalue weighted by Gasteiger charge is -2.12. The minimum Gasteiger partial charge on any atom is -0.481 e. The highest BCUT2D eigenvalue weighted by atomic mass is 16.4. The van der Waals surface area contributed by atoms with Gasteiger partial charge in [0.15, 0.2) is 5.78 Å². The lowest BCUT2D eigenvalue weighted by molar-refractivity contribution is -0.144. The van der Waals surface area contributed by atoms with E-state index in [1.165, 1.54) is 12.3 Å². The van der Waals surface area contributed by atoms with Crippen LogP contribution in [-0.4, -0.2) is 23.4 Å². The van der Waals surface area contributed by atoms with Gasteiger partial charge in [-0.15, -0.1) is 0 Å². The predicted molar refractivity (Wildman–Crippen MR) is 33.3 cm³/mol. The Hall–Kier alpha value is -1.32. The molecule has 1 heterocycles. The topological polar surface area (TPSA) is 66.4 Å². The van der Waals surface area contributed by atoms with Crippen molar-refractivity contribution < 1.29 is 14.7 Å². The molecule has 4 nitrogen and oxygen atoms in total. The minimum atomic E-state index is -1.07. The number of nitrogens with one attached hydrogen (secondary N) is 1. The molecule has 0 aliphatic carbocycles. The van der Waals surface area contributed by atoms with Gasteiger partial charge in [-0.2, -0.15) is 0 Å². The molecule has 0 bridgehead atoms. The molecule has 0 fully saturated rings. The van der Waals surface area contributed by atoms with E-state index in [9.17, 15) is 9.59 Å². The van der Waals surface area contributed by atoms with Crippen molar-refractivity contribution >= 4 is 11.8 Å². The van der Waals surface area contributed by atoms with E-state index in [4.69, 9.17) is 5.11 Å². The van der Waals surface area contributed by atoms with E-state index < -0.39 is 11.9 Å². The fourth-order valence-electron chi connectivity index (χ4n) is 0.753. The van der Waals surface area contributed by atoms with Crippen molar-refractivity contribution in [3.63, 3.8) is 0 Å². The molecular formula is C6H7NO3. The zero-order chi connectivity index (χ0) is 7.56. The molecule has 0 aromatic rings. The predicted octanol–water partition coefficient (Wildman–Crippen LogP) is -0.627. The first-order chi connectivity index (χ1) is 4.72. The largest absolute Gasteiger partial charge is 0.481 e. The lowest BCUT2D eigenvalue weighted by atomic mass is 10.0. The Morgan fingerprint density at radius 1 is 1.80 bits per heavy atom. The highest BCUT2D eigenvalue weighted by molar-refractivity contribution is 6.05. The average Bonchev–Trinajstić information content (AvgIpc) is 1.88. The molecule has 54 valence electrons. The molecule has 1 rings (SSSR count). The summed E-state index contributed by atoms with van der Waals surface area (Å²) in [6.45, 7) is 0.199. The maximum Gasteiger partial charge on any atom is 0.316 e. The van der Waals surface area contributed by atoms with E-state index in [0.717, 1.165) is 0 Å². The quantitative estimate of drug-likeness (QED) is 0.477. The second kappa shape index (κ2) is 2.51. The number of rotatable bonds is 1. The molecule has 0 saturated carbocycles. The Kier molecular flexibility index (Phi) is 1.71. The van der Waals surface area contributed by atoms with Gasteiger partial charge in [-0.25, -0.2) is 0 Å². The number of allylic oxidation sites excluding steroid dienone is 1. The van der Waals surface area contributed by atoms with Gasteiger partial charge in [0.05, 0.1) is 0 Å². The van der Waals surface area contributed by atoms with Gasteiger partial charge in [0.25, 0.3) is 0 Å². The fraction of sp³-hybridized carbons (Fsp3) is 0.333. The zero-order valence-electron chi connectivity index (χ0n) is 5.20. The number of ketones is 1. The Morgan fingerprint density at radius 3 is 2.90 bits per heavy atom. The molecule has 0 aromatic heterocycles. The van der Waals surface area contributed by atoms with E-state index in [-0.39, 0.29) is 12.3 Å². The molecule has 1 aliphatic rings. The second-order valence-electron chi connectivity index (χ2n) is 2.03. The Labute approximate surface area is 57.5 Å². The Bertz CT molecular complexity index is 197. The molecule has 0 saturated heterocycles. The van der Waals surface area contributed by atoms with Gasteiger partial charge < -0.3 is 10.4 Å². The molecular weight excluding hydrogens is 134 g/mol. The van der Waals surface area contributed by atoms with Gasteiger partial charge in [-0.05, 0) is 6.08 Å². The summed E-state index contributed by atoms with van der Waals surface area (Å²) in [6, 6.07) is 0. The van der Waals surface area contributed by atoms with E-state index in [2.05, 4.69) is 5.32 Å². The van der Waals surface area contributed by atoms with Crippen molar-refractivity contribution in [1.82, 2.24) is 5.32 Å². The zero-order valence-corrected chi connectivity index (χ0v) is 5.20. The van der Waals surface area contributed by atoms with Crippen molar-refractivity contribution in [2.45, 2.75) is 0 Å². The van der Waals surface area contributed by atoms with Crippen LogP contribution in [0.15, 0.2) is 12.3 Å². The monoisotopic (exact) mass is 141 g/mol. The SMILES string of the molecule is O=C(O)C1CNC=CC1=O. The second-order valence-corrected chi connectivity index (χ2v) is 2.03. The first kappa shape index (κ1) is 6.80. The molecule has 1 unspecified atom stereocenters. The normalized spacial score (nSPS) is 24.0. The number of hydrogen-bond acceptors (Lipinski definition) is 3. The maximum absolute atomic E-state index is 10.7. The van der Waals surface area contributed by atoms with Crippen LogP contribution >= 0.6 is 0 Å². The Morgan fingerprint density at radius 2 is 2.50 bits per heavy atom. The number of hydrogen-bond donors (Lipinski definition) is 2. The van der Waals surface area contributed by atoms with Gasteiger partial charge in [0.2, 0.25) is 0 Å². The number of aliphatic carboxylic acids is 1. The third-order valence-corrected chi connectivity index (χ3v) is 1.33. The van der Waals surface area contributed by atoms with E-state index in [1.54, 1.807) is 0 Å². The summed E-state index contributed by atoms with van der Waals surface area (Å²) in [4.78, 5) is 21.0. The van der Waals surface area contributed by atoms with E-state index >= 15 is 0 Å². The first-order valence-corrected chi connectivity index (χ1v) is 2.88. The minimum absolute atomic E-state index is 0.199. The smallest absolute Gasteiger partial charge is 0.316 e. The standard InChI is InChI=1S/C6H7NO3/c8-5-1-2-7-3-4(5)6(9)10/h1-2,4,7H,3H2,(H,9,10). The van der Waals surface area contributed by atoms with Gasteiger partial charge in [-0.1, -0.05) is 0 Å². The summed E-state index contributed by atoms with van der Waals surface area (Å²) < 4.78 is 0. The number of carboxylic acid groups (broad SMARTS) is 1. The van der Waals surface area contributed by atoms with Crippen molar-refractivity contribution in [1.29, 1.82) is 0 Å². The summed E-state index contributed by atoms with van der Waals surface area (Å²) in [5.41, 5.74) is 0. The van der Waals surface area contributed by atoms with Crippen LogP contribution in [0.25, 0.3) is 0 Å². The van der Waals surface area contributed by atoms with Crippen molar-refractivity contribution in [2.24, 2.45) is 5.92 Å². The van der Waals surface area contributed by atoms with Crippen LogP contribution in [0.1, 0.15) is 0 Å². The summed E-state index contributed by atoms with van der Waals surface area (Å²) in [6.07, 6.45) is 2.70. The van der Waals surface area contributed by atoms with Crippen molar-refractivity contribution in [3.8, 4) is 0 Å². The highest BCUT2D eigenvalue weighted by Crippen LogP contribution is 2.02. The third kappa shape index (κ3) is 1.15. The fourth-order valence-corrected chi connectivity index (χ4v) is 0.753. The summed E-state index contributed by atoms with van der Waals surface area (Å²) in [7, 11) is 0. The van der Waals surface area contributed by atoms with Crippen LogP contribution in [0.2, 0.25) is 0 Å². The Balaban J connectivity index is 2.70. The van der Waals surface area contributed by atoms with Crippen molar-refractivity contribution in [2.75, 3.05) is 6.54 Å². The van der Waals surface area contributed by atoms with Crippen LogP contribution in [0, 0.1) is 5.92 Å². The molecule has 2 N–H and O–H groups in total. The number of carbonyl (C=O) groups excluding carboxylic acids is 1. The molecule has 1 aliphatic heterocycles. The number of carboxylic acids is 1.